The predicted molar refractivity (Wildman–Crippen MR) is 103 cm³/mol. The van der Waals surface area contributed by atoms with Crippen LogP contribution in [0.5, 0.6) is 0 Å². The highest BCUT2D eigenvalue weighted by Crippen LogP contribution is 2.23. The Kier molecular flexibility index (Phi) is 5.25. The highest BCUT2D eigenvalue weighted by Gasteiger charge is 2.29. The first-order valence-electron chi connectivity index (χ1n) is 9.97. The molecule has 0 N–H and O–H groups in total. The molecular weight excluding hydrogens is 343 g/mol. The fraction of sp³-hybridized carbons (Fsp3) is 0.524. The highest BCUT2D eigenvalue weighted by molar-refractivity contribution is 5.95. The molecular formula is C21H27FN4O. The van der Waals surface area contributed by atoms with Gasteiger partial charge in [0.05, 0.1) is 23.1 Å². The van der Waals surface area contributed by atoms with Crippen LogP contribution < -0.4 is 0 Å². The first kappa shape index (κ1) is 18.2. The van der Waals surface area contributed by atoms with Gasteiger partial charge in [0.1, 0.15) is 5.82 Å². The van der Waals surface area contributed by atoms with Gasteiger partial charge >= 0.3 is 0 Å². The molecule has 2 aliphatic heterocycles. The van der Waals surface area contributed by atoms with Crippen LogP contribution in [0.3, 0.4) is 0 Å². The van der Waals surface area contributed by atoms with Gasteiger partial charge in [-0.3, -0.25) is 4.79 Å². The largest absolute Gasteiger partial charge is 0.338 e. The molecule has 1 amide bonds. The molecule has 3 heterocycles. The average Bonchev–Trinajstić information content (AvgIpc) is 3.10. The second kappa shape index (κ2) is 7.80. The van der Waals surface area contributed by atoms with Crippen LogP contribution in [0.25, 0.3) is 5.69 Å². The minimum Gasteiger partial charge on any atom is -0.338 e. The number of piperidine rings is 2. The number of benzene rings is 1. The number of aromatic nitrogens is 2. The smallest absolute Gasteiger partial charge is 0.257 e. The lowest BCUT2D eigenvalue weighted by Gasteiger charge is -2.40. The number of hydrogen-bond acceptors (Lipinski definition) is 3. The zero-order valence-corrected chi connectivity index (χ0v) is 15.9. The van der Waals surface area contributed by atoms with Crippen LogP contribution in [0.4, 0.5) is 4.39 Å². The van der Waals surface area contributed by atoms with E-state index in [1.165, 1.54) is 44.5 Å². The molecule has 5 nitrogen and oxygen atoms in total. The highest BCUT2D eigenvalue weighted by atomic mass is 19.1. The van der Waals surface area contributed by atoms with Gasteiger partial charge in [0, 0.05) is 19.1 Å². The molecule has 144 valence electrons. The molecule has 1 aromatic carbocycles. The molecule has 0 atom stereocenters. The molecule has 0 radical (unpaired) electrons. The second-order valence-electron chi connectivity index (χ2n) is 7.65. The molecule has 6 heteroatoms. The molecule has 2 aliphatic rings. The summed E-state index contributed by atoms with van der Waals surface area (Å²) < 4.78 is 14.9. The summed E-state index contributed by atoms with van der Waals surface area (Å²) in [7, 11) is 0. The third kappa shape index (κ3) is 3.76. The summed E-state index contributed by atoms with van der Waals surface area (Å²) in [5, 5.41) is 4.36. The van der Waals surface area contributed by atoms with Crippen molar-refractivity contribution in [1.29, 1.82) is 0 Å². The van der Waals surface area contributed by atoms with E-state index in [2.05, 4.69) is 10.00 Å². The maximum Gasteiger partial charge on any atom is 0.257 e. The van der Waals surface area contributed by atoms with Crippen LogP contribution >= 0.6 is 0 Å². The summed E-state index contributed by atoms with van der Waals surface area (Å²) >= 11 is 0. The van der Waals surface area contributed by atoms with Gasteiger partial charge in [0.2, 0.25) is 0 Å². The SMILES string of the molecule is Cc1c(C(=O)N2CCC(N3CCCCC3)CC2)cnn1-c1ccc(F)cc1. The van der Waals surface area contributed by atoms with Crippen molar-refractivity contribution in [2.45, 2.75) is 45.1 Å². The molecule has 2 fully saturated rings. The normalized spacial score (nSPS) is 19.4. The van der Waals surface area contributed by atoms with Crippen molar-refractivity contribution in [3.8, 4) is 5.69 Å². The van der Waals surface area contributed by atoms with E-state index in [0.717, 1.165) is 37.3 Å². The Hall–Kier alpha value is -2.21. The molecule has 0 spiro atoms. The summed E-state index contributed by atoms with van der Waals surface area (Å²) in [6, 6.07) is 6.78. The zero-order chi connectivity index (χ0) is 18.8. The molecule has 1 aromatic heterocycles. The summed E-state index contributed by atoms with van der Waals surface area (Å²) in [5.74, 6) is -0.227. The van der Waals surface area contributed by atoms with Gasteiger partial charge < -0.3 is 9.80 Å². The van der Waals surface area contributed by atoms with E-state index in [-0.39, 0.29) is 11.7 Å². The molecule has 0 unspecified atom stereocenters. The number of halogens is 1. The lowest BCUT2D eigenvalue weighted by atomic mass is 9.99. The lowest BCUT2D eigenvalue weighted by Crippen LogP contribution is -2.48. The predicted octanol–water partition coefficient (Wildman–Crippen LogP) is 3.41. The number of carbonyl (C=O) groups excluding carboxylic acids is 1. The molecule has 0 aliphatic carbocycles. The van der Waals surface area contributed by atoms with Gasteiger partial charge in [-0.25, -0.2) is 9.07 Å². The number of likely N-dealkylation sites (tertiary alicyclic amines) is 2. The molecule has 0 bridgehead atoms. The molecule has 2 saturated heterocycles. The van der Waals surface area contributed by atoms with E-state index in [1.54, 1.807) is 23.0 Å². The number of rotatable bonds is 3. The van der Waals surface area contributed by atoms with Crippen molar-refractivity contribution in [1.82, 2.24) is 19.6 Å². The fourth-order valence-corrected chi connectivity index (χ4v) is 4.35. The van der Waals surface area contributed by atoms with Gasteiger partial charge in [-0.15, -0.1) is 0 Å². The first-order chi connectivity index (χ1) is 13.1. The van der Waals surface area contributed by atoms with Crippen LogP contribution in [0.15, 0.2) is 30.5 Å². The van der Waals surface area contributed by atoms with Gasteiger partial charge in [0.25, 0.3) is 5.91 Å². The molecule has 4 rings (SSSR count). The second-order valence-corrected chi connectivity index (χ2v) is 7.65. The average molecular weight is 370 g/mol. The van der Waals surface area contributed by atoms with Crippen molar-refractivity contribution in [3.63, 3.8) is 0 Å². The summed E-state index contributed by atoms with van der Waals surface area (Å²) in [5.41, 5.74) is 2.19. The van der Waals surface area contributed by atoms with Crippen LogP contribution in [-0.4, -0.2) is 57.7 Å². The number of nitrogens with zero attached hydrogens (tertiary/aromatic N) is 4. The van der Waals surface area contributed by atoms with Gasteiger partial charge in [-0.1, -0.05) is 6.42 Å². The van der Waals surface area contributed by atoms with Crippen molar-refractivity contribution in [3.05, 3.63) is 47.5 Å². The van der Waals surface area contributed by atoms with Gasteiger partial charge in [-0.05, 0) is 70.0 Å². The van der Waals surface area contributed by atoms with Crippen LogP contribution in [0.2, 0.25) is 0 Å². The standard InChI is InChI=1S/C21H27FN4O/c1-16-20(15-23-26(16)19-7-5-17(22)6-8-19)21(27)25-13-9-18(10-14-25)24-11-3-2-4-12-24/h5-8,15,18H,2-4,9-14H2,1H3. The van der Waals surface area contributed by atoms with Crippen LogP contribution in [0.1, 0.15) is 48.2 Å². The van der Waals surface area contributed by atoms with Crippen LogP contribution in [0, 0.1) is 12.7 Å². The third-order valence-electron chi connectivity index (χ3n) is 5.97. The van der Waals surface area contributed by atoms with Crippen molar-refractivity contribution >= 4 is 5.91 Å². The fourth-order valence-electron chi connectivity index (χ4n) is 4.35. The Balaban J connectivity index is 1.42. The van der Waals surface area contributed by atoms with E-state index in [0.29, 0.717) is 11.6 Å². The van der Waals surface area contributed by atoms with Crippen molar-refractivity contribution in [2.24, 2.45) is 0 Å². The lowest BCUT2D eigenvalue weighted by molar-refractivity contribution is 0.0589. The van der Waals surface area contributed by atoms with Crippen LogP contribution in [-0.2, 0) is 0 Å². The Morgan fingerprint density at radius 3 is 2.37 bits per heavy atom. The van der Waals surface area contributed by atoms with E-state index in [9.17, 15) is 9.18 Å². The Bertz CT molecular complexity index is 787. The first-order valence-corrected chi connectivity index (χ1v) is 9.97. The number of hydrogen-bond donors (Lipinski definition) is 0. The molecule has 27 heavy (non-hydrogen) atoms. The minimum atomic E-state index is -0.281. The van der Waals surface area contributed by atoms with E-state index >= 15 is 0 Å². The molecule has 2 aromatic rings. The van der Waals surface area contributed by atoms with Crippen molar-refractivity contribution < 1.29 is 9.18 Å². The summed E-state index contributed by atoms with van der Waals surface area (Å²) in [6.45, 7) is 5.93. The Labute approximate surface area is 159 Å². The number of carbonyl (C=O) groups is 1. The minimum absolute atomic E-state index is 0.0537. The van der Waals surface area contributed by atoms with Crippen molar-refractivity contribution in [2.75, 3.05) is 26.2 Å². The maximum atomic E-state index is 13.2. The third-order valence-corrected chi connectivity index (χ3v) is 5.97. The molecule has 0 saturated carbocycles. The van der Waals surface area contributed by atoms with E-state index in [1.807, 2.05) is 11.8 Å². The number of amides is 1. The van der Waals surface area contributed by atoms with E-state index < -0.39 is 0 Å². The van der Waals surface area contributed by atoms with Gasteiger partial charge in [0.15, 0.2) is 0 Å². The maximum absolute atomic E-state index is 13.2. The Morgan fingerprint density at radius 2 is 1.70 bits per heavy atom. The monoisotopic (exact) mass is 370 g/mol. The zero-order valence-electron chi connectivity index (χ0n) is 15.9. The quantitative estimate of drug-likeness (QED) is 0.831. The topological polar surface area (TPSA) is 41.4 Å². The summed E-state index contributed by atoms with van der Waals surface area (Å²) in [4.78, 5) is 17.6. The van der Waals surface area contributed by atoms with E-state index in [4.69, 9.17) is 0 Å². The Morgan fingerprint density at radius 1 is 1.04 bits per heavy atom. The van der Waals surface area contributed by atoms with Gasteiger partial charge in [-0.2, -0.15) is 5.10 Å². The summed E-state index contributed by atoms with van der Waals surface area (Å²) in [6.07, 6.45) is 7.71.